The molecule has 3 heterocycles. The molecule has 0 bridgehead atoms. The first kappa shape index (κ1) is 22.6. The first-order valence-corrected chi connectivity index (χ1v) is 10.2. The zero-order valence-corrected chi connectivity index (χ0v) is 18.5. The van der Waals surface area contributed by atoms with E-state index in [1.165, 1.54) is 23.2 Å². The minimum atomic E-state index is -4.50. The highest BCUT2D eigenvalue weighted by Gasteiger charge is 2.52. The molecule has 1 aromatic carbocycles. The van der Waals surface area contributed by atoms with Crippen molar-refractivity contribution in [2.75, 3.05) is 4.90 Å². The number of alkyl halides is 3. The second-order valence-corrected chi connectivity index (χ2v) is 8.47. The summed E-state index contributed by atoms with van der Waals surface area (Å²) in [5, 5.41) is 8.14. The van der Waals surface area contributed by atoms with Crippen LogP contribution in [-0.2, 0) is 24.1 Å². The topological polar surface area (TPSA) is 84.5 Å². The molecule has 1 saturated heterocycles. The van der Waals surface area contributed by atoms with Gasteiger partial charge >= 0.3 is 12.2 Å². The molecular formula is C22H22F3N5O3. The maximum atomic E-state index is 13.2. The van der Waals surface area contributed by atoms with Gasteiger partial charge in [0.25, 0.3) is 5.91 Å². The van der Waals surface area contributed by atoms with Crippen LogP contribution < -0.4 is 4.90 Å². The molecule has 0 spiro atoms. The summed E-state index contributed by atoms with van der Waals surface area (Å²) < 4.78 is 46.0. The summed E-state index contributed by atoms with van der Waals surface area (Å²) in [6.07, 6.45) is -1.54. The molecule has 2 aromatic heterocycles. The van der Waals surface area contributed by atoms with Crippen molar-refractivity contribution in [3.05, 3.63) is 64.8 Å². The third-order valence-electron chi connectivity index (χ3n) is 5.80. The Kier molecular flexibility index (Phi) is 5.30. The number of aryl methyl sites for hydroxylation is 2. The largest absolute Gasteiger partial charge is 0.416 e. The van der Waals surface area contributed by atoms with Gasteiger partial charge in [-0.3, -0.25) is 9.48 Å². The number of halogens is 3. The van der Waals surface area contributed by atoms with Crippen LogP contribution in [0.15, 0.2) is 41.2 Å². The summed E-state index contributed by atoms with van der Waals surface area (Å²) in [5.74, 6) is 0.155. The van der Waals surface area contributed by atoms with E-state index in [0.29, 0.717) is 18.0 Å². The van der Waals surface area contributed by atoms with Gasteiger partial charge < -0.3 is 9.42 Å². The zero-order chi connectivity index (χ0) is 24.1. The number of carbonyl (C=O) groups is 2. The number of anilines is 1. The SMILES string of the molecule is Cc1noc(C)c1Cn1cc(N2C(=O)N(Cc3cccc(C(F)(F)F)c3)C(C)(C)C2=O)cn1. The van der Waals surface area contributed by atoms with Crippen LogP contribution in [0, 0.1) is 13.8 Å². The van der Waals surface area contributed by atoms with Crippen LogP contribution in [0.3, 0.4) is 0 Å². The van der Waals surface area contributed by atoms with Gasteiger partial charge in [0.2, 0.25) is 0 Å². The highest BCUT2D eigenvalue weighted by Crippen LogP contribution is 2.34. The van der Waals surface area contributed by atoms with Crippen LogP contribution in [0.5, 0.6) is 0 Å². The lowest BCUT2D eigenvalue weighted by molar-refractivity contribution is -0.137. The molecule has 11 heteroatoms. The summed E-state index contributed by atoms with van der Waals surface area (Å²) in [4.78, 5) is 28.6. The monoisotopic (exact) mass is 461 g/mol. The molecule has 33 heavy (non-hydrogen) atoms. The maximum absolute atomic E-state index is 13.2. The van der Waals surface area contributed by atoms with Gasteiger partial charge in [-0.15, -0.1) is 0 Å². The van der Waals surface area contributed by atoms with Crippen molar-refractivity contribution in [1.82, 2.24) is 19.8 Å². The number of imide groups is 1. The van der Waals surface area contributed by atoms with E-state index in [2.05, 4.69) is 10.3 Å². The molecule has 1 aliphatic heterocycles. The fourth-order valence-electron chi connectivity index (χ4n) is 3.80. The van der Waals surface area contributed by atoms with E-state index in [-0.39, 0.29) is 17.8 Å². The third-order valence-corrected chi connectivity index (χ3v) is 5.80. The smallest absolute Gasteiger partial charge is 0.361 e. The third kappa shape index (κ3) is 3.98. The minimum Gasteiger partial charge on any atom is -0.361 e. The molecule has 0 aliphatic carbocycles. The number of aromatic nitrogens is 3. The van der Waals surface area contributed by atoms with Gasteiger partial charge in [-0.25, -0.2) is 9.69 Å². The molecule has 0 saturated carbocycles. The van der Waals surface area contributed by atoms with Crippen LogP contribution in [0.4, 0.5) is 23.7 Å². The van der Waals surface area contributed by atoms with Crippen LogP contribution in [0.1, 0.15) is 42.0 Å². The van der Waals surface area contributed by atoms with Gasteiger partial charge in [0.15, 0.2) is 0 Å². The number of rotatable bonds is 5. The average molecular weight is 461 g/mol. The summed E-state index contributed by atoms with van der Waals surface area (Å²) in [7, 11) is 0. The number of amides is 3. The molecule has 8 nitrogen and oxygen atoms in total. The Hall–Kier alpha value is -3.63. The highest BCUT2D eigenvalue weighted by atomic mass is 19.4. The minimum absolute atomic E-state index is 0.148. The Morgan fingerprint density at radius 1 is 1.12 bits per heavy atom. The summed E-state index contributed by atoms with van der Waals surface area (Å²) >= 11 is 0. The molecule has 0 N–H and O–H groups in total. The number of hydrogen-bond acceptors (Lipinski definition) is 5. The van der Waals surface area contributed by atoms with Crippen LogP contribution in [0.25, 0.3) is 0 Å². The molecule has 0 unspecified atom stereocenters. The Morgan fingerprint density at radius 3 is 2.48 bits per heavy atom. The van der Waals surface area contributed by atoms with Gasteiger partial charge in [0, 0.05) is 18.3 Å². The molecular weight excluding hydrogens is 439 g/mol. The van der Waals surface area contributed by atoms with E-state index in [9.17, 15) is 22.8 Å². The second-order valence-electron chi connectivity index (χ2n) is 8.47. The van der Waals surface area contributed by atoms with Crippen LogP contribution >= 0.6 is 0 Å². The van der Waals surface area contributed by atoms with Gasteiger partial charge in [-0.2, -0.15) is 18.3 Å². The summed E-state index contributed by atoms with van der Waals surface area (Å²) in [6.45, 7) is 6.91. The van der Waals surface area contributed by atoms with Crippen molar-refractivity contribution < 1.29 is 27.3 Å². The summed E-state index contributed by atoms with van der Waals surface area (Å²) in [6, 6.07) is 4.10. The molecule has 1 aliphatic rings. The van der Waals surface area contributed by atoms with Crippen LogP contribution in [-0.4, -0.2) is 37.3 Å². The lowest BCUT2D eigenvalue weighted by Gasteiger charge is -2.28. The Labute approximate surface area is 187 Å². The van der Waals surface area contributed by atoms with E-state index in [4.69, 9.17) is 4.52 Å². The van der Waals surface area contributed by atoms with Crippen LogP contribution in [0.2, 0.25) is 0 Å². The predicted octanol–water partition coefficient (Wildman–Crippen LogP) is 4.30. The number of carbonyl (C=O) groups excluding carboxylic acids is 2. The van der Waals surface area contributed by atoms with E-state index >= 15 is 0 Å². The Bertz CT molecular complexity index is 1210. The average Bonchev–Trinajstić information content (AvgIpc) is 3.37. The van der Waals surface area contributed by atoms with E-state index in [1.54, 1.807) is 38.6 Å². The molecule has 0 atom stereocenters. The van der Waals surface area contributed by atoms with Crippen molar-refractivity contribution >= 4 is 17.6 Å². The highest BCUT2D eigenvalue weighted by molar-refractivity contribution is 6.22. The predicted molar refractivity (Wildman–Crippen MR) is 111 cm³/mol. The first-order valence-electron chi connectivity index (χ1n) is 10.2. The molecule has 3 aromatic rings. The molecule has 3 amide bonds. The van der Waals surface area contributed by atoms with Gasteiger partial charge in [0.1, 0.15) is 11.3 Å². The second kappa shape index (κ2) is 7.75. The van der Waals surface area contributed by atoms with Crippen molar-refractivity contribution in [2.45, 2.75) is 52.5 Å². The molecule has 4 rings (SSSR count). The van der Waals surface area contributed by atoms with Gasteiger partial charge in [-0.05, 0) is 45.4 Å². The van der Waals surface area contributed by atoms with E-state index < -0.39 is 29.2 Å². The lowest BCUT2D eigenvalue weighted by Crippen LogP contribution is -2.43. The number of urea groups is 1. The Balaban J connectivity index is 1.59. The zero-order valence-electron chi connectivity index (χ0n) is 18.5. The maximum Gasteiger partial charge on any atom is 0.416 e. The van der Waals surface area contributed by atoms with Gasteiger partial charge in [0.05, 0.1) is 29.7 Å². The van der Waals surface area contributed by atoms with Crippen molar-refractivity contribution in [2.24, 2.45) is 0 Å². The normalized spacial score (nSPS) is 16.2. The quantitative estimate of drug-likeness (QED) is 0.529. The lowest BCUT2D eigenvalue weighted by atomic mass is 10.0. The first-order chi connectivity index (χ1) is 15.4. The summed E-state index contributed by atoms with van der Waals surface area (Å²) in [5.41, 5.74) is 0.0378. The molecule has 0 radical (unpaired) electrons. The van der Waals surface area contributed by atoms with Gasteiger partial charge in [-0.1, -0.05) is 17.3 Å². The molecule has 1 fully saturated rings. The Morgan fingerprint density at radius 2 is 1.85 bits per heavy atom. The fourth-order valence-corrected chi connectivity index (χ4v) is 3.80. The fraction of sp³-hybridized carbons (Fsp3) is 0.364. The number of benzene rings is 1. The van der Waals surface area contributed by atoms with Crippen molar-refractivity contribution in [3.63, 3.8) is 0 Å². The molecule has 174 valence electrons. The van der Waals surface area contributed by atoms with Crippen molar-refractivity contribution in [1.29, 1.82) is 0 Å². The standard InChI is InChI=1S/C22H22F3N5O3/c1-13-18(14(2)33-27-13)12-28-11-17(9-26-28)30-19(31)21(3,4)29(20(30)32)10-15-6-5-7-16(8-15)22(23,24)25/h5-9,11H,10,12H2,1-4H3. The number of nitrogens with zero attached hydrogens (tertiary/aromatic N) is 5. The number of hydrogen-bond donors (Lipinski definition) is 0. The van der Waals surface area contributed by atoms with E-state index in [0.717, 1.165) is 22.6 Å². The van der Waals surface area contributed by atoms with E-state index in [1.807, 2.05) is 0 Å². The van der Waals surface area contributed by atoms with Crippen molar-refractivity contribution in [3.8, 4) is 0 Å².